The third-order valence-electron chi connectivity index (χ3n) is 4.89. The van der Waals surface area contributed by atoms with Gasteiger partial charge in [0.05, 0.1) is 23.1 Å². The lowest BCUT2D eigenvalue weighted by atomic mass is 9.95. The highest BCUT2D eigenvalue weighted by Crippen LogP contribution is 2.29. The number of pyridine rings is 1. The number of methoxy groups -OCH3 is 1. The van der Waals surface area contributed by atoms with Gasteiger partial charge in [-0.3, -0.25) is 4.79 Å². The highest BCUT2D eigenvalue weighted by Gasteiger charge is 2.28. The topological polar surface area (TPSA) is 100 Å². The average molecular weight is 460 g/mol. The maximum Gasteiger partial charge on any atom is 0.193 e. The Labute approximate surface area is 188 Å². The number of aromatic nitrogens is 7. The molecular weight excluding hydrogens is 441 g/mol. The first-order chi connectivity index (χ1) is 14.8. The van der Waals surface area contributed by atoms with E-state index >= 15 is 0 Å². The van der Waals surface area contributed by atoms with Gasteiger partial charge in [0.15, 0.2) is 16.6 Å². The summed E-state index contributed by atoms with van der Waals surface area (Å²) in [4.78, 5) is 22.9. The fourth-order valence-electron chi connectivity index (χ4n) is 3.35. The number of carbonyl (C=O) groups is 1. The van der Waals surface area contributed by atoms with Crippen LogP contribution in [0.1, 0.15) is 30.7 Å². The van der Waals surface area contributed by atoms with E-state index in [1.54, 1.807) is 36.2 Å². The lowest BCUT2D eigenvalue weighted by molar-refractivity contribution is -0.117. The van der Waals surface area contributed by atoms with E-state index in [1.807, 2.05) is 13.8 Å². The molecule has 0 N–H and O–H groups in total. The van der Waals surface area contributed by atoms with Crippen LogP contribution in [0.5, 0.6) is 0 Å². The maximum absolute atomic E-state index is 12.9. The lowest BCUT2D eigenvalue weighted by Gasteiger charge is -2.26. The number of ether oxygens (including phenoxy) is 1. The molecular formula is C20H19Cl2N7O2. The molecule has 9 nitrogen and oxygen atoms in total. The van der Waals surface area contributed by atoms with Crippen LogP contribution in [0.15, 0.2) is 36.9 Å². The minimum absolute atomic E-state index is 0.0320. The zero-order valence-corrected chi connectivity index (χ0v) is 18.6. The van der Waals surface area contributed by atoms with Gasteiger partial charge < -0.3 is 4.74 Å². The Hall–Kier alpha value is -2.88. The summed E-state index contributed by atoms with van der Waals surface area (Å²) in [6, 6.07) is 3.35. The Bertz CT molecular complexity index is 1250. The molecule has 0 bridgehead atoms. The average Bonchev–Trinajstić information content (AvgIpc) is 3.36. The molecule has 0 atom stereocenters. The van der Waals surface area contributed by atoms with Crippen molar-refractivity contribution in [3.63, 3.8) is 0 Å². The number of rotatable bonds is 7. The molecule has 0 unspecified atom stereocenters. The first kappa shape index (κ1) is 21.4. The lowest BCUT2D eigenvalue weighted by Crippen LogP contribution is -2.27. The molecule has 0 aliphatic heterocycles. The van der Waals surface area contributed by atoms with E-state index in [1.165, 1.54) is 17.2 Å². The minimum Gasteiger partial charge on any atom is -0.372 e. The number of nitrogens with zero attached hydrogens (tertiary/aromatic N) is 7. The molecule has 4 aromatic rings. The Balaban J connectivity index is 1.60. The van der Waals surface area contributed by atoms with Crippen molar-refractivity contribution in [3.05, 3.63) is 63.9 Å². The third-order valence-corrected chi connectivity index (χ3v) is 5.35. The van der Waals surface area contributed by atoms with Crippen molar-refractivity contribution in [1.29, 1.82) is 0 Å². The van der Waals surface area contributed by atoms with Crippen molar-refractivity contribution in [2.24, 2.45) is 0 Å². The molecule has 0 aromatic carbocycles. The van der Waals surface area contributed by atoms with Crippen molar-refractivity contribution in [1.82, 2.24) is 34.6 Å². The monoisotopic (exact) mass is 459 g/mol. The predicted molar refractivity (Wildman–Crippen MR) is 115 cm³/mol. The molecule has 0 radical (unpaired) electrons. The molecule has 0 amide bonds. The standard InChI is InChI=1S/C20H19Cl2N7O2/c1-20(2,31-3)18-13(11-23-17-9-16(22)27-28(17)18)8-14(30)6-12-7-15(21)19(24-10-12)29-25-4-5-26-29/h4-5,7,9-11H,6,8H2,1-3H3. The summed E-state index contributed by atoms with van der Waals surface area (Å²) in [7, 11) is 1.60. The van der Waals surface area contributed by atoms with Gasteiger partial charge in [-0.2, -0.15) is 15.3 Å². The van der Waals surface area contributed by atoms with Crippen LogP contribution >= 0.6 is 23.2 Å². The molecule has 160 valence electrons. The molecule has 31 heavy (non-hydrogen) atoms. The van der Waals surface area contributed by atoms with E-state index in [0.29, 0.717) is 32.8 Å². The van der Waals surface area contributed by atoms with Crippen LogP contribution in [0, 0.1) is 0 Å². The number of carbonyl (C=O) groups excluding carboxylic acids is 1. The van der Waals surface area contributed by atoms with Gasteiger partial charge in [0, 0.05) is 44.0 Å². The van der Waals surface area contributed by atoms with Gasteiger partial charge in [-0.1, -0.05) is 23.2 Å². The summed E-state index contributed by atoms with van der Waals surface area (Å²) < 4.78 is 7.29. The van der Waals surface area contributed by atoms with Gasteiger partial charge in [0.25, 0.3) is 0 Å². The molecule has 0 fully saturated rings. The van der Waals surface area contributed by atoms with Gasteiger partial charge in [-0.15, -0.1) is 4.80 Å². The van der Waals surface area contributed by atoms with Crippen molar-refractivity contribution in [2.45, 2.75) is 32.3 Å². The normalized spacial score (nSPS) is 11.9. The van der Waals surface area contributed by atoms with E-state index in [-0.39, 0.29) is 18.6 Å². The number of hydrogen-bond acceptors (Lipinski definition) is 7. The third kappa shape index (κ3) is 4.30. The molecule has 0 aliphatic rings. The molecule has 11 heteroatoms. The first-order valence-corrected chi connectivity index (χ1v) is 10.2. The second kappa shape index (κ2) is 8.33. The number of ketones is 1. The maximum atomic E-state index is 12.9. The van der Waals surface area contributed by atoms with E-state index in [9.17, 15) is 4.79 Å². The second-order valence-corrected chi connectivity index (χ2v) is 8.24. The highest BCUT2D eigenvalue weighted by molar-refractivity contribution is 6.32. The largest absolute Gasteiger partial charge is 0.372 e. The Morgan fingerprint density at radius 1 is 1.10 bits per heavy atom. The summed E-state index contributed by atoms with van der Waals surface area (Å²) in [5.74, 6) is 0.368. The quantitative estimate of drug-likeness (QED) is 0.417. The van der Waals surface area contributed by atoms with Crippen LogP contribution in [0.25, 0.3) is 11.5 Å². The molecule has 0 aliphatic carbocycles. The highest BCUT2D eigenvalue weighted by atomic mass is 35.5. The smallest absolute Gasteiger partial charge is 0.193 e. The summed E-state index contributed by atoms with van der Waals surface area (Å²) in [5, 5.41) is 13.0. The number of Topliss-reactive ketones (excluding diaryl/α,β-unsaturated/α-hetero) is 1. The summed E-state index contributed by atoms with van der Waals surface area (Å²) in [6.45, 7) is 3.80. The Morgan fingerprint density at radius 3 is 2.52 bits per heavy atom. The van der Waals surface area contributed by atoms with E-state index in [2.05, 4.69) is 25.3 Å². The van der Waals surface area contributed by atoms with Crippen LogP contribution in [0.4, 0.5) is 0 Å². The summed E-state index contributed by atoms with van der Waals surface area (Å²) in [6.07, 6.45) is 6.63. The molecule has 0 spiro atoms. The SMILES string of the molecule is COC(C)(C)c1c(CC(=O)Cc2cnc(-n3nccn3)c(Cl)c2)cnc2cc(Cl)nn12. The first-order valence-electron chi connectivity index (χ1n) is 9.40. The fourth-order valence-corrected chi connectivity index (χ4v) is 3.79. The second-order valence-electron chi connectivity index (χ2n) is 7.44. The minimum atomic E-state index is -0.713. The van der Waals surface area contributed by atoms with Crippen LogP contribution < -0.4 is 0 Å². The van der Waals surface area contributed by atoms with E-state index in [0.717, 1.165) is 5.69 Å². The zero-order chi connectivity index (χ0) is 22.2. The fraction of sp³-hybridized carbons (Fsp3) is 0.300. The van der Waals surface area contributed by atoms with Crippen molar-refractivity contribution in [3.8, 4) is 5.82 Å². The van der Waals surface area contributed by atoms with E-state index < -0.39 is 5.60 Å². The summed E-state index contributed by atoms with van der Waals surface area (Å²) in [5.41, 5.74) is 1.99. The van der Waals surface area contributed by atoms with Gasteiger partial charge in [-0.05, 0) is 25.5 Å². The van der Waals surface area contributed by atoms with Crippen molar-refractivity contribution < 1.29 is 9.53 Å². The van der Waals surface area contributed by atoms with Crippen LogP contribution in [0.2, 0.25) is 10.2 Å². The van der Waals surface area contributed by atoms with Gasteiger partial charge >= 0.3 is 0 Å². The molecule has 4 aromatic heterocycles. The van der Waals surface area contributed by atoms with E-state index in [4.69, 9.17) is 27.9 Å². The van der Waals surface area contributed by atoms with Gasteiger partial charge in [-0.25, -0.2) is 14.5 Å². The number of hydrogen-bond donors (Lipinski definition) is 0. The van der Waals surface area contributed by atoms with Gasteiger partial charge in [0.2, 0.25) is 0 Å². The molecule has 4 rings (SSSR count). The number of halogens is 2. The van der Waals surface area contributed by atoms with Crippen molar-refractivity contribution in [2.75, 3.05) is 7.11 Å². The van der Waals surface area contributed by atoms with Crippen LogP contribution in [0.3, 0.4) is 0 Å². The number of fused-ring (bicyclic) bond motifs is 1. The molecule has 0 saturated heterocycles. The van der Waals surface area contributed by atoms with Gasteiger partial charge in [0.1, 0.15) is 11.4 Å². The Kier molecular flexibility index (Phi) is 5.74. The zero-order valence-electron chi connectivity index (χ0n) is 17.1. The predicted octanol–water partition coefficient (Wildman–Crippen LogP) is 3.25. The van der Waals surface area contributed by atoms with Crippen molar-refractivity contribution >= 4 is 34.6 Å². The summed E-state index contributed by atoms with van der Waals surface area (Å²) >= 11 is 12.4. The van der Waals surface area contributed by atoms with Crippen LogP contribution in [-0.4, -0.2) is 47.5 Å². The molecule has 0 saturated carbocycles. The van der Waals surface area contributed by atoms with Crippen LogP contribution in [-0.2, 0) is 28.0 Å². The Morgan fingerprint density at radius 2 is 1.84 bits per heavy atom. The molecule has 4 heterocycles.